The third-order valence-electron chi connectivity index (χ3n) is 5.74. The van der Waals surface area contributed by atoms with Crippen LogP contribution >= 0.6 is 0 Å². The van der Waals surface area contributed by atoms with Gasteiger partial charge >= 0.3 is 0 Å². The van der Waals surface area contributed by atoms with Crippen molar-refractivity contribution in [3.8, 4) is 0 Å². The van der Waals surface area contributed by atoms with Gasteiger partial charge in [-0.2, -0.15) is 0 Å². The van der Waals surface area contributed by atoms with Crippen LogP contribution in [0.25, 0.3) is 41.2 Å². The van der Waals surface area contributed by atoms with E-state index < -0.39 is 0 Å². The Bertz CT molecular complexity index is 1100. The number of allylic oxidation sites excluding steroid dienone is 3. The average Bonchev–Trinajstić information content (AvgIpc) is 3.28. The minimum absolute atomic E-state index is 1.09. The Hall–Kier alpha value is -2.34. The quantitative estimate of drug-likeness (QED) is 0.693. The molecule has 0 amide bonds. The average molecular weight is 280 g/mol. The van der Waals surface area contributed by atoms with E-state index in [1.807, 2.05) is 0 Å². The molecule has 4 aliphatic carbocycles. The van der Waals surface area contributed by atoms with Gasteiger partial charge in [0.05, 0.1) is 0 Å². The summed E-state index contributed by atoms with van der Waals surface area (Å²) in [6.07, 6.45) is 23.3. The molecule has 0 saturated heterocycles. The molecule has 0 heteroatoms. The number of hydrogen-bond donors (Lipinski definition) is 0. The molecule has 0 atom stereocenters. The first-order valence-corrected chi connectivity index (χ1v) is 8.30. The maximum absolute atomic E-state index is 2.44. The first kappa shape index (κ1) is 11.3. The summed E-state index contributed by atoms with van der Waals surface area (Å²) in [6, 6.07) is 0. The maximum atomic E-state index is 2.44. The van der Waals surface area contributed by atoms with E-state index in [4.69, 9.17) is 0 Å². The molecule has 0 aliphatic heterocycles. The van der Waals surface area contributed by atoms with Crippen LogP contribution in [0.3, 0.4) is 0 Å². The van der Waals surface area contributed by atoms with Gasteiger partial charge in [-0.25, -0.2) is 0 Å². The van der Waals surface area contributed by atoms with E-state index in [2.05, 4.69) is 48.6 Å². The van der Waals surface area contributed by atoms with E-state index in [9.17, 15) is 0 Å². The van der Waals surface area contributed by atoms with Crippen molar-refractivity contribution in [3.05, 3.63) is 62.0 Å². The van der Waals surface area contributed by atoms with Crippen LogP contribution in [0.5, 0.6) is 0 Å². The van der Waals surface area contributed by atoms with E-state index >= 15 is 0 Å². The molecule has 2 aromatic carbocycles. The molecule has 0 N–H and O–H groups in total. The molecule has 0 aromatic heterocycles. The minimum atomic E-state index is 1.09. The van der Waals surface area contributed by atoms with Crippen molar-refractivity contribution in [2.75, 3.05) is 0 Å². The lowest BCUT2D eigenvalue weighted by Gasteiger charge is -2.17. The highest BCUT2D eigenvalue weighted by Gasteiger charge is 2.25. The molecule has 6 rings (SSSR count). The zero-order valence-electron chi connectivity index (χ0n) is 12.4. The van der Waals surface area contributed by atoms with Crippen LogP contribution in [0.1, 0.15) is 39.8 Å². The topological polar surface area (TPSA) is 0 Å². The summed E-state index contributed by atoms with van der Waals surface area (Å²) in [5.74, 6) is 0. The van der Waals surface area contributed by atoms with Crippen LogP contribution in [0, 0.1) is 0 Å². The number of benzene rings is 2. The largest absolute Gasteiger partial charge is 0.0795 e. The lowest BCUT2D eigenvalue weighted by Crippen LogP contribution is -2.27. The third kappa shape index (κ3) is 1.14. The van der Waals surface area contributed by atoms with Crippen molar-refractivity contribution in [2.45, 2.75) is 25.7 Å². The normalized spacial score (nSPS) is 18.4. The highest BCUT2D eigenvalue weighted by atomic mass is 14.3. The highest BCUT2D eigenvalue weighted by molar-refractivity contribution is 6.04. The predicted octanol–water partition coefficient (Wildman–Crippen LogP) is 3.51. The summed E-state index contributed by atoms with van der Waals surface area (Å²) in [6.45, 7) is 0. The molecule has 4 aliphatic rings. The van der Waals surface area contributed by atoms with Gasteiger partial charge in [-0.05, 0) is 80.3 Å². The molecule has 22 heavy (non-hydrogen) atoms. The number of hydrogen-bond acceptors (Lipinski definition) is 0. The fourth-order valence-corrected chi connectivity index (χ4v) is 4.92. The number of fused-ring (bicyclic) bond motifs is 11. The summed E-state index contributed by atoms with van der Waals surface area (Å²) in [4.78, 5) is 0. The fraction of sp³-hybridized carbons (Fsp3) is 0.182. The van der Waals surface area contributed by atoms with Gasteiger partial charge < -0.3 is 0 Å². The molecular weight excluding hydrogens is 264 g/mol. The van der Waals surface area contributed by atoms with Gasteiger partial charge in [-0.3, -0.25) is 0 Å². The molecule has 0 spiro atoms. The van der Waals surface area contributed by atoms with Crippen molar-refractivity contribution in [1.82, 2.24) is 0 Å². The monoisotopic (exact) mass is 280 g/mol. The summed E-state index contributed by atoms with van der Waals surface area (Å²) in [7, 11) is 0. The minimum Gasteiger partial charge on any atom is -0.0795 e. The van der Waals surface area contributed by atoms with Gasteiger partial charge in [0, 0.05) is 0 Å². The Labute approximate surface area is 129 Å². The van der Waals surface area contributed by atoms with Gasteiger partial charge in [0.25, 0.3) is 0 Å². The van der Waals surface area contributed by atoms with E-state index in [0.29, 0.717) is 0 Å². The van der Waals surface area contributed by atoms with Crippen LogP contribution < -0.4 is 10.4 Å². The smallest absolute Gasteiger partial charge is 0.00578 e. The van der Waals surface area contributed by atoms with Gasteiger partial charge in [-0.1, -0.05) is 48.6 Å². The Morgan fingerprint density at radius 3 is 2.05 bits per heavy atom. The summed E-state index contributed by atoms with van der Waals surface area (Å²) in [5, 5.41) is 6.10. The molecule has 0 saturated carbocycles. The van der Waals surface area contributed by atoms with Crippen LogP contribution in [0.15, 0.2) is 18.2 Å². The maximum Gasteiger partial charge on any atom is -0.00578 e. The molecule has 104 valence electrons. The van der Waals surface area contributed by atoms with Crippen LogP contribution in [-0.4, -0.2) is 0 Å². The molecule has 0 unspecified atom stereocenters. The Morgan fingerprint density at radius 2 is 1.18 bits per heavy atom. The molecular formula is C22H16. The van der Waals surface area contributed by atoms with Crippen LogP contribution in [0.4, 0.5) is 0 Å². The predicted molar refractivity (Wildman–Crippen MR) is 95.0 cm³/mol. The summed E-state index contributed by atoms with van der Waals surface area (Å²) in [5.41, 5.74) is 9.22. The second-order valence-electron chi connectivity index (χ2n) is 6.72. The van der Waals surface area contributed by atoms with Crippen molar-refractivity contribution >= 4 is 41.2 Å². The SMILES string of the molecule is C1=Cc2c(c3c(c4c5c(c6c(c24)CC=C6)=CCC=5)CC=C3)C1. The second-order valence-corrected chi connectivity index (χ2v) is 6.72. The van der Waals surface area contributed by atoms with Crippen molar-refractivity contribution < 1.29 is 0 Å². The zero-order valence-corrected chi connectivity index (χ0v) is 12.4. The Balaban J connectivity index is 1.99. The lowest BCUT2D eigenvalue weighted by atomic mass is 9.86. The highest BCUT2D eigenvalue weighted by Crippen LogP contribution is 2.40. The Morgan fingerprint density at radius 1 is 0.545 bits per heavy atom. The third-order valence-corrected chi connectivity index (χ3v) is 5.74. The molecule has 0 radical (unpaired) electrons. The van der Waals surface area contributed by atoms with Gasteiger partial charge in [0.15, 0.2) is 0 Å². The first-order valence-electron chi connectivity index (χ1n) is 8.30. The van der Waals surface area contributed by atoms with Crippen LogP contribution in [-0.2, 0) is 19.3 Å². The van der Waals surface area contributed by atoms with E-state index in [1.54, 1.807) is 27.5 Å². The second kappa shape index (κ2) is 3.70. The molecule has 0 fully saturated rings. The van der Waals surface area contributed by atoms with E-state index in [1.165, 1.54) is 27.1 Å². The van der Waals surface area contributed by atoms with Gasteiger partial charge in [-0.15, -0.1) is 0 Å². The lowest BCUT2D eigenvalue weighted by molar-refractivity contribution is 1.24. The van der Waals surface area contributed by atoms with Crippen molar-refractivity contribution in [3.63, 3.8) is 0 Å². The fourth-order valence-electron chi connectivity index (χ4n) is 4.92. The molecule has 0 heterocycles. The molecule has 2 aromatic rings. The Kier molecular flexibility index (Phi) is 1.89. The summed E-state index contributed by atoms with van der Waals surface area (Å²) < 4.78 is 0. The number of rotatable bonds is 0. The van der Waals surface area contributed by atoms with Gasteiger partial charge in [0.2, 0.25) is 0 Å². The van der Waals surface area contributed by atoms with E-state index in [0.717, 1.165) is 25.7 Å². The van der Waals surface area contributed by atoms with E-state index in [-0.39, 0.29) is 0 Å². The van der Waals surface area contributed by atoms with Crippen molar-refractivity contribution in [1.29, 1.82) is 0 Å². The van der Waals surface area contributed by atoms with Crippen LogP contribution in [0.2, 0.25) is 0 Å². The summed E-state index contributed by atoms with van der Waals surface area (Å²) >= 11 is 0. The molecule has 0 bridgehead atoms. The van der Waals surface area contributed by atoms with Gasteiger partial charge in [0.1, 0.15) is 0 Å². The zero-order chi connectivity index (χ0) is 14.3. The first-order chi connectivity index (χ1) is 10.9. The standard InChI is InChI=1S/C22H16/c1-5-13-14-6-2-10-18(14)22-20-12-4-8-16(20)15-7-3-11-19(15)21(22)17(13)9-1/h1-3,6-9,12H,4-5,10-11H2. The van der Waals surface area contributed by atoms with Crippen molar-refractivity contribution in [2.24, 2.45) is 0 Å². The molecule has 0 nitrogen and oxygen atoms in total.